The van der Waals surface area contributed by atoms with Crippen LogP contribution in [0.5, 0.6) is 0 Å². The number of amides is 1. The number of carbonyl (C=O) groups excluding carboxylic acids is 2. The first-order valence-electron chi connectivity index (χ1n) is 8.75. The molecule has 0 spiro atoms. The second-order valence-electron chi connectivity index (χ2n) is 6.30. The number of aromatic nitrogens is 1. The lowest BCUT2D eigenvalue weighted by Crippen LogP contribution is -2.38. The number of hydrogen-bond acceptors (Lipinski definition) is 5. The molecule has 27 heavy (non-hydrogen) atoms. The molecule has 3 aromatic rings. The van der Waals surface area contributed by atoms with Gasteiger partial charge in [-0.05, 0) is 37.1 Å². The molecule has 0 aliphatic carbocycles. The summed E-state index contributed by atoms with van der Waals surface area (Å²) in [6, 6.07) is 15.1. The number of carbonyl (C=O) groups is 2. The number of oxazole rings is 1. The number of esters is 1. The van der Waals surface area contributed by atoms with Crippen molar-refractivity contribution in [2.75, 3.05) is 11.4 Å². The largest absolute Gasteiger partial charge is 0.449 e. The molecule has 136 valence electrons. The van der Waals surface area contributed by atoms with Crippen LogP contribution in [-0.4, -0.2) is 29.5 Å². The Hall–Kier alpha value is -3.41. The number of para-hydroxylation sites is 3. The molecule has 0 radical (unpaired) electrons. The van der Waals surface area contributed by atoms with E-state index >= 15 is 0 Å². The van der Waals surface area contributed by atoms with Crippen LogP contribution in [0.1, 0.15) is 18.4 Å². The van der Waals surface area contributed by atoms with E-state index in [0.717, 1.165) is 17.7 Å². The van der Waals surface area contributed by atoms with E-state index in [0.29, 0.717) is 23.5 Å². The molecule has 6 heteroatoms. The van der Waals surface area contributed by atoms with Crippen molar-refractivity contribution in [3.63, 3.8) is 0 Å². The highest BCUT2D eigenvalue weighted by Crippen LogP contribution is 2.28. The summed E-state index contributed by atoms with van der Waals surface area (Å²) in [5, 5.41) is 0. The first-order chi connectivity index (χ1) is 13.1. The molecular formula is C21H18N2O4. The second kappa shape index (κ2) is 7.07. The highest BCUT2D eigenvalue weighted by molar-refractivity contribution is 6.00. The lowest BCUT2D eigenvalue weighted by atomic mass is 10.2. The Kier molecular flexibility index (Phi) is 4.46. The van der Waals surface area contributed by atoms with Gasteiger partial charge in [0.15, 0.2) is 11.7 Å². The van der Waals surface area contributed by atoms with Gasteiger partial charge in [-0.15, -0.1) is 0 Å². The van der Waals surface area contributed by atoms with Gasteiger partial charge < -0.3 is 14.1 Å². The summed E-state index contributed by atoms with van der Waals surface area (Å²) < 4.78 is 10.8. The van der Waals surface area contributed by atoms with Gasteiger partial charge in [0.05, 0.1) is 0 Å². The number of ether oxygens (including phenoxy) is 1. The number of hydrogen-bond donors (Lipinski definition) is 0. The molecule has 0 bridgehead atoms. The average Bonchev–Trinajstić information content (AvgIpc) is 3.29. The lowest BCUT2D eigenvalue weighted by Gasteiger charge is -2.21. The highest BCUT2D eigenvalue weighted by Gasteiger charge is 2.29. The van der Waals surface area contributed by atoms with Crippen LogP contribution in [0, 0.1) is 0 Å². The van der Waals surface area contributed by atoms with Gasteiger partial charge in [0, 0.05) is 24.4 Å². The van der Waals surface area contributed by atoms with E-state index in [9.17, 15) is 9.59 Å². The monoisotopic (exact) mass is 362 g/mol. The zero-order valence-electron chi connectivity index (χ0n) is 14.8. The molecule has 1 amide bonds. The molecule has 1 atom stereocenters. The van der Waals surface area contributed by atoms with E-state index in [2.05, 4.69) is 4.98 Å². The molecule has 0 fully saturated rings. The molecule has 0 saturated heterocycles. The first-order valence-corrected chi connectivity index (χ1v) is 8.75. The molecule has 1 aromatic heterocycles. The Labute approximate surface area is 156 Å². The van der Waals surface area contributed by atoms with Crippen molar-refractivity contribution >= 4 is 34.7 Å². The third-order valence-electron chi connectivity index (χ3n) is 4.47. The van der Waals surface area contributed by atoms with Gasteiger partial charge in [-0.2, -0.15) is 0 Å². The van der Waals surface area contributed by atoms with Crippen molar-refractivity contribution in [1.82, 2.24) is 4.98 Å². The average molecular weight is 362 g/mol. The topological polar surface area (TPSA) is 72.6 Å². The molecule has 0 saturated carbocycles. The first kappa shape index (κ1) is 17.0. The molecule has 0 N–H and O–H groups in total. The van der Waals surface area contributed by atoms with Crippen LogP contribution in [0.2, 0.25) is 0 Å². The molecule has 1 aliphatic rings. The quantitative estimate of drug-likeness (QED) is 0.526. The summed E-state index contributed by atoms with van der Waals surface area (Å²) in [6.45, 7) is 2.17. The predicted molar refractivity (Wildman–Crippen MR) is 101 cm³/mol. The van der Waals surface area contributed by atoms with E-state index in [-0.39, 0.29) is 5.91 Å². The van der Waals surface area contributed by atoms with Gasteiger partial charge in [0.25, 0.3) is 5.91 Å². The van der Waals surface area contributed by atoms with Crippen molar-refractivity contribution < 1.29 is 18.7 Å². The van der Waals surface area contributed by atoms with Gasteiger partial charge in [0.1, 0.15) is 5.52 Å². The molecule has 1 aliphatic heterocycles. The van der Waals surface area contributed by atoms with Gasteiger partial charge in [-0.3, -0.25) is 4.79 Å². The number of nitrogens with zero attached hydrogens (tertiary/aromatic N) is 2. The number of anilines is 1. The van der Waals surface area contributed by atoms with Crippen LogP contribution >= 0.6 is 0 Å². The van der Waals surface area contributed by atoms with E-state index in [1.807, 2.05) is 42.5 Å². The van der Waals surface area contributed by atoms with Crippen molar-refractivity contribution in [2.24, 2.45) is 0 Å². The summed E-state index contributed by atoms with van der Waals surface area (Å²) in [4.78, 5) is 30.6. The van der Waals surface area contributed by atoms with Crippen LogP contribution in [0.25, 0.3) is 17.2 Å². The molecule has 2 heterocycles. The van der Waals surface area contributed by atoms with Gasteiger partial charge in [0.2, 0.25) is 5.89 Å². The van der Waals surface area contributed by atoms with Crippen molar-refractivity contribution in [1.29, 1.82) is 0 Å². The maximum atomic E-state index is 12.6. The molecule has 6 nitrogen and oxygen atoms in total. The normalized spacial score (nSPS) is 14.5. The van der Waals surface area contributed by atoms with E-state index in [1.54, 1.807) is 17.9 Å². The Morgan fingerprint density at radius 2 is 1.96 bits per heavy atom. The lowest BCUT2D eigenvalue weighted by molar-refractivity contribution is -0.149. The Morgan fingerprint density at radius 3 is 2.81 bits per heavy atom. The maximum Gasteiger partial charge on any atom is 0.331 e. The second-order valence-corrected chi connectivity index (χ2v) is 6.30. The Balaban J connectivity index is 1.39. The minimum atomic E-state index is -0.878. The molecule has 2 aromatic carbocycles. The van der Waals surface area contributed by atoms with E-state index in [1.165, 1.54) is 12.2 Å². The number of rotatable bonds is 4. The summed E-state index contributed by atoms with van der Waals surface area (Å²) in [6.07, 6.45) is 2.58. The van der Waals surface area contributed by atoms with Crippen LogP contribution in [-0.2, 0) is 20.7 Å². The maximum absolute atomic E-state index is 12.6. The minimum absolute atomic E-state index is 0.233. The van der Waals surface area contributed by atoms with E-state index < -0.39 is 12.1 Å². The Bertz CT molecular complexity index is 1000. The zero-order valence-corrected chi connectivity index (χ0v) is 14.8. The van der Waals surface area contributed by atoms with Crippen molar-refractivity contribution in [3.8, 4) is 0 Å². The zero-order chi connectivity index (χ0) is 18.8. The minimum Gasteiger partial charge on any atom is -0.449 e. The van der Waals surface area contributed by atoms with Crippen LogP contribution in [0.4, 0.5) is 5.69 Å². The fraction of sp³-hybridized carbons (Fsp3) is 0.190. The summed E-state index contributed by atoms with van der Waals surface area (Å²) in [7, 11) is 0. The van der Waals surface area contributed by atoms with Gasteiger partial charge in [-0.25, -0.2) is 9.78 Å². The van der Waals surface area contributed by atoms with E-state index in [4.69, 9.17) is 9.15 Å². The van der Waals surface area contributed by atoms with Crippen LogP contribution in [0.3, 0.4) is 0 Å². The van der Waals surface area contributed by atoms with Gasteiger partial charge >= 0.3 is 5.97 Å². The number of fused-ring (bicyclic) bond motifs is 2. The standard InChI is InChI=1S/C21H18N2O4/c1-14(21(25)23-13-12-15-6-2-4-8-17(15)23)26-20(24)11-10-19-22-16-7-3-5-9-18(16)27-19/h2-11,14H,12-13H2,1H3/b11-10+/t14-/m1/s1. The van der Waals surface area contributed by atoms with Gasteiger partial charge in [-0.1, -0.05) is 30.3 Å². The third-order valence-corrected chi connectivity index (χ3v) is 4.47. The summed E-state index contributed by atoms with van der Waals surface area (Å²) in [5.41, 5.74) is 3.36. The third kappa shape index (κ3) is 3.46. The van der Waals surface area contributed by atoms with Crippen LogP contribution in [0.15, 0.2) is 59.0 Å². The Morgan fingerprint density at radius 1 is 1.19 bits per heavy atom. The number of benzene rings is 2. The molecular weight excluding hydrogens is 344 g/mol. The fourth-order valence-corrected chi connectivity index (χ4v) is 3.15. The SMILES string of the molecule is C[C@@H](OC(=O)/C=C/c1nc2ccccc2o1)C(=O)N1CCc2ccccc21. The summed E-state index contributed by atoms with van der Waals surface area (Å²) in [5.74, 6) is -0.547. The molecule has 4 rings (SSSR count). The molecule has 0 unspecified atom stereocenters. The smallest absolute Gasteiger partial charge is 0.331 e. The van der Waals surface area contributed by atoms with Crippen molar-refractivity contribution in [2.45, 2.75) is 19.4 Å². The highest BCUT2D eigenvalue weighted by atomic mass is 16.5. The van der Waals surface area contributed by atoms with Crippen molar-refractivity contribution in [3.05, 3.63) is 66.1 Å². The fourth-order valence-electron chi connectivity index (χ4n) is 3.15. The predicted octanol–water partition coefficient (Wildman–Crippen LogP) is 3.36. The summed E-state index contributed by atoms with van der Waals surface area (Å²) >= 11 is 0. The van der Waals surface area contributed by atoms with Crippen LogP contribution < -0.4 is 4.90 Å².